The van der Waals surface area contributed by atoms with Gasteiger partial charge in [-0.15, -0.1) is 0 Å². The van der Waals surface area contributed by atoms with Crippen LogP contribution in [-0.4, -0.2) is 38.1 Å². The molecule has 0 fully saturated rings. The lowest BCUT2D eigenvalue weighted by atomic mass is 10.0. The number of aromatic nitrogens is 1. The summed E-state index contributed by atoms with van der Waals surface area (Å²) in [4.78, 5) is 16.4. The molecular formula is C21H23F3N4O2. The molecule has 2 aromatic rings. The number of alkyl halides is 3. The van der Waals surface area contributed by atoms with E-state index < -0.39 is 11.7 Å². The summed E-state index contributed by atoms with van der Waals surface area (Å²) in [6.45, 7) is 0.995. The number of nitrogens with one attached hydrogen (secondary N) is 3. The molecule has 3 N–H and O–H groups in total. The van der Waals surface area contributed by atoms with E-state index in [4.69, 9.17) is 4.74 Å². The fourth-order valence-electron chi connectivity index (χ4n) is 3.31. The summed E-state index contributed by atoms with van der Waals surface area (Å²) >= 11 is 0. The van der Waals surface area contributed by atoms with Crippen molar-refractivity contribution in [3.63, 3.8) is 0 Å². The first-order chi connectivity index (χ1) is 14.3. The quantitative estimate of drug-likeness (QED) is 0.642. The van der Waals surface area contributed by atoms with E-state index in [0.29, 0.717) is 42.8 Å². The van der Waals surface area contributed by atoms with Crippen LogP contribution in [0.3, 0.4) is 0 Å². The first-order valence-electron chi connectivity index (χ1n) is 9.42. The third kappa shape index (κ3) is 5.10. The van der Waals surface area contributed by atoms with Gasteiger partial charge in [-0.2, -0.15) is 13.2 Å². The van der Waals surface area contributed by atoms with Crippen molar-refractivity contribution in [1.29, 1.82) is 0 Å². The van der Waals surface area contributed by atoms with Crippen molar-refractivity contribution in [2.75, 3.05) is 32.6 Å². The first kappa shape index (κ1) is 21.6. The number of amides is 1. The van der Waals surface area contributed by atoms with Gasteiger partial charge in [0, 0.05) is 54.8 Å². The molecule has 30 heavy (non-hydrogen) atoms. The predicted molar refractivity (Wildman–Crippen MR) is 107 cm³/mol. The van der Waals surface area contributed by atoms with Gasteiger partial charge in [-0.3, -0.25) is 9.78 Å². The Balaban J connectivity index is 1.81. The van der Waals surface area contributed by atoms with Crippen LogP contribution in [0.25, 0.3) is 0 Å². The fraction of sp³-hybridized carbons (Fsp3) is 0.333. The van der Waals surface area contributed by atoms with Crippen molar-refractivity contribution in [1.82, 2.24) is 15.6 Å². The van der Waals surface area contributed by atoms with Gasteiger partial charge in [-0.05, 0) is 36.9 Å². The molecule has 0 atom stereocenters. The zero-order chi connectivity index (χ0) is 21.7. The molecule has 3 rings (SSSR count). The third-order valence-corrected chi connectivity index (χ3v) is 4.72. The maximum absolute atomic E-state index is 13.0. The molecule has 6 nitrogen and oxygen atoms in total. The molecule has 1 amide bonds. The smallest absolute Gasteiger partial charge is 0.419 e. The highest BCUT2D eigenvalue weighted by Crippen LogP contribution is 2.36. The van der Waals surface area contributed by atoms with E-state index in [9.17, 15) is 18.0 Å². The van der Waals surface area contributed by atoms with E-state index in [1.54, 1.807) is 19.3 Å². The average molecular weight is 420 g/mol. The molecule has 160 valence electrons. The van der Waals surface area contributed by atoms with Crippen LogP contribution >= 0.6 is 0 Å². The Labute approximate surface area is 172 Å². The summed E-state index contributed by atoms with van der Waals surface area (Å²) in [6, 6.07) is 7.43. The molecule has 0 saturated heterocycles. The number of nitrogens with zero attached hydrogens (tertiary/aromatic N) is 1. The Morgan fingerprint density at radius 3 is 2.73 bits per heavy atom. The first-order valence-corrected chi connectivity index (χ1v) is 9.42. The Bertz CT molecular complexity index is 958. The summed E-state index contributed by atoms with van der Waals surface area (Å²) in [5.74, 6) is -0.325. The SMILES string of the molecule is CNCC1=C(Nc2ccnc(Cc3ccc(C(F)(F)F)c(OC)c3)c2)CCNC1=O. The topological polar surface area (TPSA) is 75.3 Å². The second kappa shape index (κ2) is 9.17. The van der Waals surface area contributed by atoms with Gasteiger partial charge in [0.05, 0.1) is 12.7 Å². The molecule has 1 aromatic heterocycles. The molecule has 9 heteroatoms. The lowest BCUT2D eigenvalue weighted by Crippen LogP contribution is -2.36. The Morgan fingerprint density at radius 2 is 2.03 bits per heavy atom. The Morgan fingerprint density at radius 1 is 1.23 bits per heavy atom. The molecule has 1 aliphatic rings. The van der Waals surface area contributed by atoms with Gasteiger partial charge >= 0.3 is 6.18 Å². The van der Waals surface area contributed by atoms with Crippen LogP contribution in [-0.2, 0) is 17.4 Å². The summed E-state index contributed by atoms with van der Waals surface area (Å²) in [6.07, 6.45) is -1.83. The molecule has 0 aliphatic carbocycles. The van der Waals surface area contributed by atoms with Crippen molar-refractivity contribution in [2.45, 2.75) is 19.0 Å². The maximum Gasteiger partial charge on any atom is 0.419 e. The van der Waals surface area contributed by atoms with Gasteiger partial charge < -0.3 is 20.7 Å². The minimum Gasteiger partial charge on any atom is -0.496 e. The Kier molecular flexibility index (Phi) is 6.61. The molecule has 0 unspecified atom stereocenters. The summed E-state index contributed by atoms with van der Waals surface area (Å²) < 4.78 is 44.1. The van der Waals surface area contributed by atoms with E-state index in [2.05, 4.69) is 20.9 Å². The van der Waals surface area contributed by atoms with E-state index in [0.717, 1.165) is 17.5 Å². The average Bonchev–Trinajstić information content (AvgIpc) is 2.70. The van der Waals surface area contributed by atoms with Crippen LogP contribution in [0.1, 0.15) is 23.2 Å². The van der Waals surface area contributed by atoms with Gasteiger partial charge in [0.1, 0.15) is 5.75 Å². The van der Waals surface area contributed by atoms with Crippen LogP contribution in [0.2, 0.25) is 0 Å². The van der Waals surface area contributed by atoms with Crippen molar-refractivity contribution in [3.05, 3.63) is 64.6 Å². The third-order valence-electron chi connectivity index (χ3n) is 4.72. The molecular weight excluding hydrogens is 397 g/mol. The molecule has 2 heterocycles. The van der Waals surface area contributed by atoms with Crippen LogP contribution in [0, 0.1) is 0 Å². The molecule has 0 spiro atoms. The number of methoxy groups -OCH3 is 1. The second-order valence-electron chi connectivity index (χ2n) is 6.86. The number of carbonyl (C=O) groups excluding carboxylic acids is 1. The highest BCUT2D eigenvalue weighted by Gasteiger charge is 2.34. The van der Waals surface area contributed by atoms with E-state index in [1.807, 2.05) is 6.07 Å². The number of rotatable bonds is 7. The Hall–Kier alpha value is -3.07. The summed E-state index contributed by atoms with van der Waals surface area (Å²) in [5, 5.41) is 9.10. The van der Waals surface area contributed by atoms with Crippen molar-refractivity contribution in [2.24, 2.45) is 0 Å². The zero-order valence-electron chi connectivity index (χ0n) is 16.7. The lowest BCUT2D eigenvalue weighted by Gasteiger charge is -2.22. The predicted octanol–water partition coefficient (Wildman–Crippen LogP) is 3.11. The normalized spacial score (nSPS) is 14.5. The van der Waals surface area contributed by atoms with Crippen LogP contribution in [0.4, 0.5) is 18.9 Å². The summed E-state index contributed by atoms with van der Waals surface area (Å²) in [7, 11) is 2.99. The largest absolute Gasteiger partial charge is 0.496 e. The van der Waals surface area contributed by atoms with Crippen molar-refractivity contribution in [3.8, 4) is 5.75 Å². The van der Waals surface area contributed by atoms with Crippen LogP contribution in [0.15, 0.2) is 47.8 Å². The number of benzene rings is 1. The van der Waals surface area contributed by atoms with Gasteiger partial charge in [-0.1, -0.05) is 6.07 Å². The highest BCUT2D eigenvalue weighted by molar-refractivity contribution is 5.96. The molecule has 0 radical (unpaired) electrons. The minimum atomic E-state index is -4.48. The molecule has 1 aromatic carbocycles. The number of halogens is 3. The van der Waals surface area contributed by atoms with Crippen LogP contribution < -0.4 is 20.7 Å². The maximum atomic E-state index is 13.0. The van der Waals surface area contributed by atoms with E-state index in [-0.39, 0.29) is 11.7 Å². The number of pyridine rings is 1. The second-order valence-corrected chi connectivity index (χ2v) is 6.86. The number of anilines is 1. The number of likely N-dealkylation sites (N-methyl/N-ethyl adjacent to an activating group) is 1. The number of carbonyl (C=O) groups is 1. The standard InChI is InChI=1S/C21H23F3N4O2/c1-25-12-16-18(6-8-27-20(16)29)28-14-5-7-26-15(11-14)9-13-3-4-17(21(22,23)24)19(10-13)30-2/h3-5,7,10-11,25H,6,8-9,12H2,1-2H3,(H,26,28)(H,27,29). The lowest BCUT2D eigenvalue weighted by molar-refractivity contribution is -0.138. The van der Waals surface area contributed by atoms with Gasteiger partial charge in [0.15, 0.2) is 0 Å². The number of ether oxygens (including phenoxy) is 1. The van der Waals surface area contributed by atoms with Crippen molar-refractivity contribution < 1.29 is 22.7 Å². The van der Waals surface area contributed by atoms with Gasteiger partial charge in [0.2, 0.25) is 5.91 Å². The molecule has 0 saturated carbocycles. The molecule has 1 aliphatic heterocycles. The zero-order valence-corrected chi connectivity index (χ0v) is 16.7. The van der Waals surface area contributed by atoms with Gasteiger partial charge in [0.25, 0.3) is 0 Å². The highest BCUT2D eigenvalue weighted by atomic mass is 19.4. The monoisotopic (exact) mass is 420 g/mol. The fourth-order valence-corrected chi connectivity index (χ4v) is 3.31. The van der Waals surface area contributed by atoms with Gasteiger partial charge in [-0.25, -0.2) is 0 Å². The summed E-state index contributed by atoms with van der Waals surface area (Å²) in [5.41, 5.74) is 2.76. The number of hydrogen-bond acceptors (Lipinski definition) is 5. The molecule has 0 bridgehead atoms. The van der Waals surface area contributed by atoms with E-state index in [1.165, 1.54) is 19.2 Å². The van der Waals surface area contributed by atoms with Crippen LogP contribution in [0.5, 0.6) is 5.75 Å². The van der Waals surface area contributed by atoms with Crippen molar-refractivity contribution >= 4 is 11.6 Å². The van der Waals surface area contributed by atoms with E-state index >= 15 is 0 Å². The number of hydrogen-bond donors (Lipinski definition) is 3. The minimum absolute atomic E-state index is 0.107.